The van der Waals surface area contributed by atoms with Gasteiger partial charge in [-0.25, -0.2) is 9.97 Å². The minimum Gasteiger partial charge on any atom is -0.399 e. The quantitative estimate of drug-likeness (QED) is 0.699. The third-order valence-corrected chi connectivity index (χ3v) is 4.27. The van der Waals surface area contributed by atoms with Crippen LogP contribution in [0.4, 0.5) is 5.69 Å². The normalized spacial score (nSPS) is 16.4. The van der Waals surface area contributed by atoms with Gasteiger partial charge in [-0.15, -0.1) is 0 Å². The van der Waals surface area contributed by atoms with Crippen LogP contribution < -0.4 is 5.73 Å². The molecule has 1 aliphatic rings. The average molecular weight is 264 g/mol. The van der Waals surface area contributed by atoms with Gasteiger partial charge in [0.15, 0.2) is 5.65 Å². The molecular weight excluding hydrogens is 248 g/mol. The lowest BCUT2D eigenvalue weighted by Crippen LogP contribution is -2.10. The number of pyridine rings is 1. The summed E-state index contributed by atoms with van der Waals surface area (Å²) >= 11 is 0. The van der Waals surface area contributed by atoms with Crippen LogP contribution in [0, 0.1) is 6.92 Å². The van der Waals surface area contributed by atoms with Crippen molar-refractivity contribution in [2.24, 2.45) is 0 Å². The number of hydrogen-bond acceptors (Lipinski definition) is 3. The third-order valence-electron chi connectivity index (χ3n) is 4.27. The van der Waals surface area contributed by atoms with E-state index in [4.69, 9.17) is 10.7 Å². The Kier molecular flexibility index (Phi) is 2.19. The lowest BCUT2D eigenvalue weighted by Gasteiger charge is -2.12. The van der Waals surface area contributed by atoms with E-state index in [0.29, 0.717) is 0 Å². The zero-order valence-corrected chi connectivity index (χ0v) is 11.4. The highest BCUT2D eigenvalue weighted by Crippen LogP contribution is 2.52. The molecule has 4 rings (SSSR count). The first kappa shape index (κ1) is 11.5. The van der Waals surface area contributed by atoms with Crippen molar-refractivity contribution in [3.8, 4) is 0 Å². The average Bonchev–Trinajstić information content (AvgIpc) is 3.13. The molecule has 100 valence electrons. The molecule has 0 atom stereocenters. The van der Waals surface area contributed by atoms with E-state index in [9.17, 15) is 0 Å². The molecular formula is C16H16N4. The number of hydrogen-bond donors (Lipinski definition) is 2. The van der Waals surface area contributed by atoms with E-state index in [2.05, 4.69) is 29.0 Å². The van der Waals surface area contributed by atoms with Crippen molar-refractivity contribution in [3.05, 3.63) is 53.5 Å². The summed E-state index contributed by atoms with van der Waals surface area (Å²) in [4.78, 5) is 12.5. The Morgan fingerprint density at radius 3 is 2.55 bits per heavy atom. The van der Waals surface area contributed by atoms with Crippen molar-refractivity contribution < 1.29 is 0 Å². The van der Waals surface area contributed by atoms with E-state index >= 15 is 0 Å². The second-order valence-electron chi connectivity index (χ2n) is 5.62. The first-order chi connectivity index (χ1) is 9.69. The van der Waals surface area contributed by atoms with Crippen molar-refractivity contribution in [1.29, 1.82) is 0 Å². The number of nitrogens with one attached hydrogen (secondary N) is 1. The molecule has 20 heavy (non-hydrogen) atoms. The van der Waals surface area contributed by atoms with Gasteiger partial charge in [0, 0.05) is 11.9 Å². The molecule has 1 aliphatic carbocycles. The molecule has 2 heterocycles. The number of rotatable bonds is 2. The minimum absolute atomic E-state index is 0.0286. The van der Waals surface area contributed by atoms with Crippen LogP contribution in [0.1, 0.15) is 29.8 Å². The number of aryl methyl sites for hydroxylation is 1. The minimum atomic E-state index is 0.0286. The SMILES string of the molecule is Cc1ccnc2nc(C3(c4ccc(N)cc4)CC3)[nH]c12. The van der Waals surface area contributed by atoms with Crippen molar-refractivity contribution in [1.82, 2.24) is 15.0 Å². The molecule has 0 radical (unpaired) electrons. The lowest BCUT2D eigenvalue weighted by atomic mass is 9.95. The van der Waals surface area contributed by atoms with E-state index in [0.717, 1.165) is 35.5 Å². The monoisotopic (exact) mass is 264 g/mol. The number of aromatic amines is 1. The smallest absolute Gasteiger partial charge is 0.177 e. The van der Waals surface area contributed by atoms with Gasteiger partial charge in [-0.05, 0) is 49.1 Å². The summed E-state index contributed by atoms with van der Waals surface area (Å²) in [5.74, 6) is 1.03. The maximum Gasteiger partial charge on any atom is 0.177 e. The van der Waals surface area contributed by atoms with Crippen molar-refractivity contribution in [2.75, 3.05) is 5.73 Å². The largest absolute Gasteiger partial charge is 0.399 e. The van der Waals surface area contributed by atoms with E-state index in [1.54, 1.807) is 0 Å². The number of aromatic nitrogens is 3. The summed E-state index contributed by atoms with van der Waals surface area (Å²) in [6.45, 7) is 2.08. The van der Waals surface area contributed by atoms with Gasteiger partial charge in [-0.3, -0.25) is 0 Å². The van der Waals surface area contributed by atoms with Crippen LogP contribution in [0.15, 0.2) is 36.5 Å². The number of nitrogen functional groups attached to an aromatic ring is 1. The Bertz CT molecular complexity index is 782. The molecule has 0 amide bonds. The first-order valence-electron chi connectivity index (χ1n) is 6.87. The van der Waals surface area contributed by atoms with Crippen LogP contribution in [0.25, 0.3) is 11.2 Å². The fourth-order valence-corrected chi connectivity index (χ4v) is 2.85. The van der Waals surface area contributed by atoms with Crippen molar-refractivity contribution in [2.45, 2.75) is 25.2 Å². The number of nitrogens with two attached hydrogens (primary N) is 1. The van der Waals surface area contributed by atoms with Crippen LogP contribution >= 0.6 is 0 Å². The number of nitrogens with zero attached hydrogens (tertiary/aromatic N) is 2. The topological polar surface area (TPSA) is 67.6 Å². The molecule has 3 N–H and O–H groups in total. The predicted molar refractivity (Wildman–Crippen MR) is 79.5 cm³/mol. The van der Waals surface area contributed by atoms with Gasteiger partial charge in [0.25, 0.3) is 0 Å². The Balaban J connectivity index is 1.86. The highest BCUT2D eigenvalue weighted by Gasteiger charge is 2.48. The van der Waals surface area contributed by atoms with E-state index in [-0.39, 0.29) is 5.41 Å². The maximum atomic E-state index is 5.78. The lowest BCUT2D eigenvalue weighted by molar-refractivity contribution is 0.778. The Morgan fingerprint density at radius 2 is 1.90 bits per heavy atom. The van der Waals surface area contributed by atoms with Gasteiger partial charge >= 0.3 is 0 Å². The van der Waals surface area contributed by atoms with Crippen molar-refractivity contribution in [3.63, 3.8) is 0 Å². The number of anilines is 1. The molecule has 1 fully saturated rings. The van der Waals surface area contributed by atoms with E-state index < -0.39 is 0 Å². The summed E-state index contributed by atoms with van der Waals surface area (Å²) in [6, 6.07) is 10.1. The predicted octanol–water partition coefficient (Wildman–Crippen LogP) is 2.93. The number of H-pyrrole nitrogens is 1. The Hall–Kier alpha value is -2.36. The first-order valence-corrected chi connectivity index (χ1v) is 6.87. The molecule has 0 saturated heterocycles. The third kappa shape index (κ3) is 1.54. The van der Waals surface area contributed by atoms with Crippen LogP contribution in [0.3, 0.4) is 0 Å². The second-order valence-corrected chi connectivity index (χ2v) is 5.62. The summed E-state index contributed by atoms with van der Waals surface area (Å²) in [6.07, 6.45) is 4.05. The molecule has 0 unspecified atom stereocenters. The molecule has 4 heteroatoms. The number of imidazole rings is 1. The van der Waals surface area contributed by atoms with Gasteiger partial charge in [0.2, 0.25) is 0 Å². The van der Waals surface area contributed by atoms with E-state index in [1.807, 2.05) is 24.4 Å². The summed E-state index contributed by atoms with van der Waals surface area (Å²) < 4.78 is 0. The molecule has 0 aliphatic heterocycles. The second kappa shape index (κ2) is 3.82. The summed E-state index contributed by atoms with van der Waals surface area (Å²) in [7, 11) is 0. The van der Waals surface area contributed by atoms with Crippen LogP contribution in [0.5, 0.6) is 0 Å². The summed E-state index contributed by atoms with van der Waals surface area (Å²) in [5.41, 5.74) is 10.9. The van der Waals surface area contributed by atoms with Crippen LogP contribution in [-0.2, 0) is 5.41 Å². The fraction of sp³-hybridized carbons (Fsp3) is 0.250. The molecule has 0 spiro atoms. The van der Waals surface area contributed by atoms with Gasteiger partial charge in [0.1, 0.15) is 5.82 Å². The maximum absolute atomic E-state index is 5.78. The fourth-order valence-electron chi connectivity index (χ4n) is 2.85. The van der Waals surface area contributed by atoms with Gasteiger partial charge < -0.3 is 10.7 Å². The highest BCUT2D eigenvalue weighted by atomic mass is 15.0. The molecule has 1 aromatic carbocycles. The zero-order chi connectivity index (χ0) is 13.7. The summed E-state index contributed by atoms with van der Waals surface area (Å²) in [5, 5.41) is 0. The Labute approximate surface area is 117 Å². The van der Waals surface area contributed by atoms with Crippen molar-refractivity contribution >= 4 is 16.9 Å². The van der Waals surface area contributed by atoms with Gasteiger partial charge in [-0.2, -0.15) is 0 Å². The number of benzene rings is 1. The zero-order valence-electron chi connectivity index (χ0n) is 11.4. The molecule has 1 saturated carbocycles. The van der Waals surface area contributed by atoms with Gasteiger partial charge in [0.05, 0.1) is 10.9 Å². The highest BCUT2D eigenvalue weighted by molar-refractivity contribution is 5.75. The molecule has 0 bridgehead atoms. The standard InChI is InChI=1S/C16H16N4/c1-10-6-9-18-14-13(10)19-15(20-14)16(7-8-16)11-2-4-12(17)5-3-11/h2-6,9H,7-8,17H2,1H3,(H,18,19,20). The molecule has 4 nitrogen and oxygen atoms in total. The Morgan fingerprint density at radius 1 is 1.15 bits per heavy atom. The molecule has 2 aromatic heterocycles. The molecule has 3 aromatic rings. The van der Waals surface area contributed by atoms with Crippen LogP contribution in [-0.4, -0.2) is 15.0 Å². The number of fused-ring (bicyclic) bond motifs is 1. The van der Waals surface area contributed by atoms with Crippen LogP contribution in [0.2, 0.25) is 0 Å². The van der Waals surface area contributed by atoms with Gasteiger partial charge in [-0.1, -0.05) is 12.1 Å². The van der Waals surface area contributed by atoms with E-state index in [1.165, 1.54) is 11.1 Å².